The molecule has 1 fully saturated rings. The second kappa shape index (κ2) is 14.7. The molecule has 0 unspecified atom stereocenters. The van der Waals surface area contributed by atoms with Crippen LogP contribution in [0, 0.1) is 0 Å². The van der Waals surface area contributed by atoms with Crippen molar-refractivity contribution in [1.82, 2.24) is 10.6 Å². The van der Waals surface area contributed by atoms with Gasteiger partial charge < -0.3 is 10.6 Å². The quantitative estimate of drug-likeness (QED) is 0.225. The van der Waals surface area contributed by atoms with Crippen LogP contribution in [0.5, 0.6) is 0 Å². The summed E-state index contributed by atoms with van der Waals surface area (Å²) in [6.45, 7) is 2.14. The molecular weight excluding hydrogens is 498 g/mol. The van der Waals surface area contributed by atoms with Gasteiger partial charge in [-0.05, 0) is 75.3 Å². The fourth-order valence-electron chi connectivity index (χ4n) is 5.59. The molecule has 1 aliphatic carbocycles. The van der Waals surface area contributed by atoms with E-state index in [0.29, 0.717) is 12.1 Å². The van der Waals surface area contributed by atoms with Crippen LogP contribution in [0.1, 0.15) is 25.7 Å². The zero-order valence-corrected chi connectivity index (χ0v) is 24.0. The van der Waals surface area contributed by atoms with E-state index in [2.05, 4.69) is 132 Å². The van der Waals surface area contributed by atoms with Crippen LogP contribution in [0.4, 0.5) is 0 Å². The first-order valence-corrected chi connectivity index (χ1v) is 17.2. The summed E-state index contributed by atoms with van der Waals surface area (Å²) < 4.78 is 0. The standard InChI is InChI=1S/C34H40N2P2/c1-5-15-29(16-6-1)37(30-17-7-2-8-18-30)27-25-35-33-23-13-14-24-34(33)36-26-28-38(31-19-9-3-10-20-31)32-21-11-4-12-22-32/h1-12,15-22,33-36H,13-14,23-28H2/t33-,34-/m1/s1. The summed E-state index contributed by atoms with van der Waals surface area (Å²) in [7, 11) is -0.687. The summed E-state index contributed by atoms with van der Waals surface area (Å²) in [6, 6.07) is 45.5. The van der Waals surface area contributed by atoms with E-state index in [1.807, 2.05) is 0 Å². The molecule has 4 aromatic carbocycles. The summed E-state index contributed by atoms with van der Waals surface area (Å²) in [5.41, 5.74) is 0. The summed E-state index contributed by atoms with van der Waals surface area (Å²) in [4.78, 5) is 0. The lowest BCUT2D eigenvalue weighted by Crippen LogP contribution is -2.51. The number of rotatable bonds is 12. The number of nitrogens with one attached hydrogen (secondary N) is 2. The largest absolute Gasteiger partial charge is 0.312 e. The Morgan fingerprint density at radius 2 is 0.737 bits per heavy atom. The number of benzene rings is 4. The Hall–Kier alpha value is -2.34. The molecule has 0 spiro atoms. The van der Waals surface area contributed by atoms with Gasteiger partial charge in [-0.25, -0.2) is 0 Å². The van der Waals surface area contributed by atoms with Crippen LogP contribution in [0.25, 0.3) is 0 Å². The van der Waals surface area contributed by atoms with Gasteiger partial charge in [-0.2, -0.15) is 0 Å². The first-order chi connectivity index (χ1) is 18.9. The van der Waals surface area contributed by atoms with Crippen molar-refractivity contribution in [2.24, 2.45) is 0 Å². The molecule has 38 heavy (non-hydrogen) atoms. The SMILES string of the molecule is c1ccc(P(CCN[C@@H]2CCCC[C@H]2NCCP(c2ccccc2)c2ccccc2)c2ccccc2)cc1. The van der Waals surface area contributed by atoms with Crippen LogP contribution in [-0.4, -0.2) is 37.5 Å². The Bertz CT molecular complexity index is 1010. The van der Waals surface area contributed by atoms with Crippen molar-refractivity contribution in [3.63, 3.8) is 0 Å². The molecule has 2 nitrogen and oxygen atoms in total. The Balaban J connectivity index is 1.18. The molecule has 0 aliphatic heterocycles. The minimum Gasteiger partial charge on any atom is -0.312 e. The summed E-state index contributed by atoms with van der Waals surface area (Å²) in [6.07, 6.45) is 7.59. The Labute approximate surface area is 231 Å². The average molecular weight is 539 g/mol. The van der Waals surface area contributed by atoms with E-state index in [1.165, 1.54) is 59.2 Å². The molecule has 0 bridgehead atoms. The molecule has 196 valence electrons. The molecule has 2 atom stereocenters. The predicted octanol–water partition coefficient (Wildman–Crippen LogP) is 5.74. The first kappa shape index (κ1) is 27.2. The lowest BCUT2D eigenvalue weighted by atomic mass is 9.90. The van der Waals surface area contributed by atoms with Crippen LogP contribution in [0.2, 0.25) is 0 Å². The smallest absolute Gasteiger partial charge is 0.0221 e. The van der Waals surface area contributed by atoms with Crippen LogP contribution >= 0.6 is 15.8 Å². The second-order valence-electron chi connectivity index (χ2n) is 10.1. The molecule has 0 heterocycles. The molecule has 5 rings (SSSR count). The van der Waals surface area contributed by atoms with Crippen molar-refractivity contribution in [3.8, 4) is 0 Å². The molecule has 4 heteroatoms. The molecule has 1 saturated carbocycles. The maximum Gasteiger partial charge on any atom is 0.0221 e. The van der Waals surface area contributed by atoms with Gasteiger partial charge >= 0.3 is 0 Å². The number of hydrogen-bond donors (Lipinski definition) is 2. The van der Waals surface area contributed by atoms with E-state index >= 15 is 0 Å². The highest BCUT2D eigenvalue weighted by Crippen LogP contribution is 2.34. The summed E-state index contributed by atoms with van der Waals surface area (Å²) >= 11 is 0. The highest BCUT2D eigenvalue weighted by molar-refractivity contribution is 7.73. The molecule has 4 aromatic rings. The summed E-state index contributed by atoms with van der Waals surface area (Å²) in [5, 5.41) is 13.9. The van der Waals surface area contributed by atoms with Crippen molar-refractivity contribution in [3.05, 3.63) is 121 Å². The molecule has 2 N–H and O–H groups in total. The predicted molar refractivity (Wildman–Crippen MR) is 170 cm³/mol. The Kier molecular flexibility index (Phi) is 10.5. The minimum atomic E-state index is -0.344. The molecular formula is C34H40N2P2. The fourth-order valence-corrected chi connectivity index (χ4v) is 10.1. The Morgan fingerprint density at radius 1 is 0.447 bits per heavy atom. The summed E-state index contributed by atoms with van der Waals surface area (Å²) in [5.74, 6) is 0. The average Bonchev–Trinajstić information content (AvgIpc) is 3.00. The third kappa shape index (κ3) is 7.62. The van der Waals surface area contributed by atoms with Gasteiger partial charge in [0.15, 0.2) is 0 Å². The first-order valence-electron chi connectivity index (χ1n) is 14.1. The van der Waals surface area contributed by atoms with E-state index in [1.54, 1.807) is 0 Å². The minimum absolute atomic E-state index is 0.344. The topological polar surface area (TPSA) is 24.1 Å². The maximum absolute atomic E-state index is 4.00. The molecule has 0 saturated heterocycles. The molecule has 0 radical (unpaired) electrons. The van der Waals surface area contributed by atoms with E-state index < -0.39 is 0 Å². The van der Waals surface area contributed by atoms with Gasteiger partial charge in [-0.3, -0.25) is 0 Å². The van der Waals surface area contributed by atoms with Crippen molar-refractivity contribution >= 4 is 37.1 Å². The highest BCUT2D eigenvalue weighted by atomic mass is 31.1. The fraction of sp³-hybridized carbons (Fsp3) is 0.294. The van der Waals surface area contributed by atoms with Crippen LogP contribution in [0.15, 0.2) is 121 Å². The lowest BCUT2D eigenvalue weighted by Gasteiger charge is -2.34. The third-order valence-electron chi connectivity index (χ3n) is 7.52. The van der Waals surface area contributed by atoms with Crippen molar-refractivity contribution < 1.29 is 0 Å². The van der Waals surface area contributed by atoms with Crippen molar-refractivity contribution in [2.45, 2.75) is 37.8 Å². The second-order valence-corrected chi connectivity index (χ2v) is 14.7. The molecule has 1 aliphatic rings. The lowest BCUT2D eigenvalue weighted by molar-refractivity contribution is 0.292. The van der Waals surface area contributed by atoms with E-state index in [0.717, 1.165) is 13.1 Å². The van der Waals surface area contributed by atoms with Crippen LogP contribution in [0.3, 0.4) is 0 Å². The maximum atomic E-state index is 4.00. The van der Waals surface area contributed by atoms with Gasteiger partial charge in [0.2, 0.25) is 0 Å². The Morgan fingerprint density at radius 3 is 1.03 bits per heavy atom. The van der Waals surface area contributed by atoms with Crippen LogP contribution < -0.4 is 31.9 Å². The van der Waals surface area contributed by atoms with Crippen molar-refractivity contribution in [1.29, 1.82) is 0 Å². The monoisotopic (exact) mass is 538 g/mol. The third-order valence-corrected chi connectivity index (χ3v) is 12.5. The highest BCUT2D eigenvalue weighted by Gasteiger charge is 2.25. The molecule has 0 aromatic heterocycles. The van der Waals surface area contributed by atoms with Gasteiger partial charge in [-0.1, -0.05) is 134 Å². The van der Waals surface area contributed by atoms with Crippen LogP contribution in [-0.2, 0) is 0 Å². The van der Waals surface area contributed by atoms with Gasteiger partial charge in [0.05, 0.1) is 0 Å². The van der Waals surface area contributed by atoms with Gasteiger partial charge in [-0.15, -0.1) is 0 Å². The van der Waals surface area contributed by atoms with E-state index in [4.69, 9.17) is 0 Å². The zero-order valence-electron chi connectivity index (χ0n) is 22.3. The van der Waals surface area contributed by atoms with Crippen molar-refractivity contribution in [2.75, 3.05) is 25.4 Å². The van der Waals surface area contributed by atoms with Gasteiger partial charge in [0, 0.05) is 12.1 Å². The number of hydrogen-bond acceptors (Lipinski definition) is 2. The van der Waals surface area contributed by atoms with Gasteiger partial charge in [0.1, 0.15) is 0 Å². The van der Waals surface area contributed by atoms with E-state index in [9.17, 15) is 0 Å². The van der Waals surface area contributed by atoms with Gasteiger partial charge in [0.25, 0.3) is 0 Å². The molecule has 0 amide bonds. The zero-order chi connectivity index (χ0) is 25.8. The normalized spacial score (nSPS) is 17.6. The van der Waals surface area contributed by atoms with E-state index in [-0.39, 0.29) is 15.8 Å².